The Morgan fingerprint density at radius 2 is 2.43 bits per heavy atom. The Balaban J connectivity index is 2.61. The minimum atomic E-state index is -0.0762. The van der Waals surface area contributed by atoms with Crippen LogP contribution in [0, 0.1) is 11.3 Å². The SMILES string of the molecule is CC(C)NC(=O)Cn1cccc1C#N. The Hall–Kier alpha value is -1.76. The molecular formula is C10H13N3O. The van der Waals surface area contributed by atoms with Crippen LogP contribution < -0.4 is 5.32 Å². The quantitative estimate of drug-likeness (QED) is 0.771. The molecule has 0 fully saturated rings. The molecule has 1 heterocycles. The molecule has 1 rings (SSSR count). The molecule has 0 radical (unpaired) electrons. The number of nitrogens with one attached hydrogen (secondary N) is 1. The Morgan fingerprint density at radius 3 is 3.00 bits per heavy atom. The van der Waals surface area contributed by atoms with Crippen LogP contribution in [0.5, 0.6) is 0 Å². The molecular weight excluding hydrogens is 178 g/mol. The molecule has 4 nitrogen and oxygen atoms in total. The highest BCUT2D eigenvalue weighted by Gasteiger charge is 2.06. The second-order valence-corrected chi connectivity index (χ2v) is 3.36. The zero-order valence-electron chi connectivity index (χ0n) is 8.32. The standard InChI is InChI=1S/C10H13N3O/c1-8(2)12-10(14)7-13-5-3-4-9(13)6-11/h3-5,8H,7H2,1-2H3,(H,12,14). The maximum absolute atomic E-state index is 11.3. The van der Waals surface area contributed by atoms with E-state index in [-0.39, 0.29) is 18.5 Å². The van der Waals surface area contributed by atoms with Crippen molar-refractivity contribution in [2.45, 2.75) is 26.4 Å². The average molecular weight is 191 g/mol. The number of hydrogen-bond donors (Lipinski definition) is 1. The molecule has 0 saturated heterocycles. The van der Waals surface area contributed by atoms with Crippen LogP contribution in [-0.4, -0.2) is 16.5 Å². The van der Waals surface area contributed by atoms with Gasteiger partial charge in [-0.3, -0.25) is 4.79 Å². The van der Waals surface area contributed by atoms with Crippen LogP contribution in [0.15, 0.2) is 18.3 Å². The lowest BCUT2D eigenvalue weighted by Crippen LogP contribution is -2.33. The molecule has 1 aromatic heterocycles. The fourth-order valence-electron chi connectivity index (χ4n) is 1.18. The number of nitrogens with zero attached hydrogens (tertiary/aromatic N) is 2. The van der Waals surface area contributed by atoms with E-state index in [4.69, 9.17) is 5.26 Å². The predicted octanol–water partition coefficient (Wildman–Crippen LogP) is 0.884. The molecule has 4 heteroatoms. The van der Waals surface area contributed by atoms with Gasteiger partial charge in [0.2, 0.25) is 5.91 Å². The van der Waals surface area contributed by atoms with Crippen LogP contribution in [0.25, 0.3) is 0 Å². The summed E-state index contributed by atoms with van der Waals surface area (Å²) in [5.41, 5.74) is 0.504. The highest BCUT2D eigenvalue weighted by molar-refractivity contribution is 5.76. The van der Waals surface area contributed by atoms with Gasteiger partial charge in [-0.15, -0.1) is 0 Å². The maximum atomic E-state index is 11.3. The zero-order valence-corrected chi connectivity index (χ0v) is 8.32. The van der Waals surface area contributed by atoms with Crippen molar-refractivity contribution in [2.75, 3.05) is 0 Å². The Bertz CT molecular complexity index is 360. The van der Waals surface area contributed by atoms with Gasteiger partial charge in [-0.05, 0) is 26.0 Å². The fourth-order valence-corrected chi connectivity index (χ4v) is 1.18. The van der Waals surface area contributed by atoms with Gasteiger partial charge in [-0.1, -0.05) is 0 Å². The molecule has 1 aromatic rings. The minimum absolute atomic E-state index is 0.0762. The van der Waals surface area contributed by atoms with Crippen molar-refractivity contribution in [1.29, 1.82) is 5.26 Å². The van der Waals surface area contributed by atoms with Gasteiger partial charge in [-0.25, -0.2) is 0 Å². The summed E-state index contributed by atoms with van der Waals surface area (Å²) in [5.74, 6) is -0.0762. The molecule has 1 amide bonds. The van der Waals surface area contributed by atoms with Crippen LogP contribution in [0.3, 0.4) is 0 Å². The minimum Gasteiger partial charge on any atom is -0.352 e. The first-order valence-electron chi connectivity index (χ1n) is 4.48. The molecule has 0 bridgehead atoms. The summed E-state index contributed by atoms with van der Waals surface area (Å²) < 4.78 is 1.62. The molecule has 0 spiro atoms. The summed E-state index contributed by atoms with van der Waals surface area (Å²) >= 11 is 0. The van der Waals surface area contributed by atoms with Crippen LogP contribution in [-0.2, 0) is 11.3 Å². The molecule has 0 aromatic carbocycles. The summed E-state index contributed by atoms with van der Waals surface area (Å²) in [5, 5.41) is 11.5. The van der Waals surface area contributed by atoms with E-state index >= 15 is 0 Å². The molecule has 0 aliphatic carbocycles. The van der Waals surface area contributed by atoms with E-state index < -0.39 is 0 Å². The van der Waals surface area contributed by atoms with Gasteiger partial charge in [0.1, 0.15) is 18.3 Å². The van der Waals surface area contributed by atoms with Gasteiger partial charge < -0.3 is 9.88 Å². The molecule has 0 atom stereocenters. The van der Waals surface area contributed by atoms with Gasteiger partial charge >= 0.3 is 0 Å². The fraction of sp³-hybridized carbons (Fsp3) is 0.400. The highest BCUT2D eigenvalue weighted by atomic mass is 16.2. The van der Waals surface area contributed by atoms with Crippen molar-refractivity contribution < 1.29 is 4.79 Å². The number of amides is 1. The maximum Gasteiger partial charge on any atom is 0.240 e. The van der Waals surface area contributed by atoms with Crippen molar-refractivity contribution >= 4 is 5.91 Å². The first kappa shape index (κ1) is 10.3. The van der Waals surface area contributed by atoms with Crippen molar-refractivity contribution in [3.8, 4) is 6.07 Å². The third-order valence-electron chi connectivity index (χ3n) is 1.71. The predicted molar refractivity (Wildman–Crippen MR) is 52.4 cm³/mol. The van der Waals surface area contributed by atoms with Crippen LogP contribution >= 0.6 is 0 Å². The number of nitriles is 1. The van der Waals surface area contributed by atoms with Gasteiger partial charge in [0.05, 0.1) is 0 Å². The van der Waals surface area contributed by atoms with Gasteiger partial charge in [0, 0.05) is 12.2 Å². The normalized spacial score (nSPS) is 9.86. The topological polar surface area (TPSA) is 57.8 Å². The van der Waals surface area contributed by atoms with Crippen LogP contribution in [0.2, 0.25) is 0 Å². The second-order valence-electron chi connectivity index (χ2n) is 3.36. The molecule has 0 unspecified atom stereocenters. The van der Waals surface area contributed by atoms with Gasteiger partial charge in [0.15, 0.2) is 0 Å². The third-order valence-corrected chi connectivity index (χ3v) is 1.71. The average Bonchev–Trinajstić information content (AvgIpc) is 2.50. The molecule has 14 heavy (non-hydrogen) atoms. The van der Waals surface area contributed by atoms with E-state index in [1.165, 1.54) is 0 Å². The number of rotatable bonds is 3. The smallest absolute Gasteiger partial charge is 0.240 e. The van der Waals surface area contributed by atoms with Crippen molar-refractivity contribution in [3.63, 3.8) is 0 Å². The summed E-state index contributed by atoms with van der Waals surface area (Å²) in [6.45, 7) is 4.01. The van der Waals surface area contributed by atoms with Crippen molar-refractivity contribution in [2.24, 2.45) is 0 Å². The van der Waals surface area contributed by atoms with Gasteiger partial charge in [0.25, 0.3) is 0 Å². The number of aromatic nitrogens is 1. The van der Waals surface area contributed by atoms with Crippen molar-refractivity contribution in [3.05, 3.63) is 24.0 Å². The summed E-state index contributed by atoms with van der Waals surface area (Å²) in [7, 11) is 0. The largest absolute Gasteiger partial charge is 0.352 e. The molecule has 0 aliphatic heterocycles. The van der Waals surface area contributed by atoms with E-state index in [9.17, 15) is 4.79 Å². The van der Waals surface area contributed by atoms with Crippen LogP contribution in [0.4, 0.5) is 0 Å². The summed E-state index contributed by atoms with van der Waals surface area (Å²) in [6, 6.07) is 5.58. The number of carbonyl (C=O) groups excluding carboxylic acids is 1. The Morgan fingerprint density at radius 1 is 1.71 bits per heavy atom. The van der Waals surface area contributed by atoms with Gasteiger partial charge in [-0.2, -0.15) is 5.26 Å². The summed E-state index contributed by atoms with van der Waals surface area (Å²) in [4.78, 5) is 11.3. The third kappa shape index (κ3) is 2.63. The van der Waals surface area contributed by atoms with E-state index in [1.54, 1.807) is 22.9 Å². The number of hydrogen-bond acceptors (Lipinski definition) is 2. The lowest BCUT2D eigenvalue weighted by atomic mass is 10.4. The monoisotopic (exact) mass is 191 g/mol. The highest BCUT2D eigenvalue weighted by Crippen LogP contribution is 1.99. The molecule has 1 N–H and O–H groups in total. The number of carbonyl (C=O) groups is 1. The molecule has 0 saturated carbocycles. The Kier molecular flexibility index (Phi) is 3.29. The molecule has 74 valence electrons. The lowest BCUT2D eigenvalue weighted by Gasteiger charge is -2.09. The lowest BCUT2D eigenvalue weighted by molar-refractivity contribution is -0.122. The first-order chi connectivity index (χ1) is 6.63. The zero-order chi connectivity index (χ0) is 10.6. The van der Waals surface area contributed by atoms with E-state index in [2.05, 4.69) is 5.32 Å². The molecule has 0 aliphatic rings. The van der Waals surface area contributed by atoms with Crippen LogP contribution in [0.1, 0.15) is 19.5 Å². The Labute approximate surface area is 83.1 Å². The summed E-state index contributed by atoms with van der Waals surface area (Å²) in [6.07, 6.45) is 1.72. The van der Waals surface area contributed by atoms with E-state index in [0.717, 1.165) is 0 Å². The second kappa shape index (κ2) is 4.47. The van der Waals surface area contributed by atoms with Crippen molar-refractivity contribution in [1.82, 2.24) is 9.88 Å². The van der Waals surface area contributed by atoms with E-state index in [0.29, 0.717) is 5.69 Å². The first-order valence-corrected chi connectivity index (χ1v) is 4.48. The van der Waals surface area contributed by atoms with E-state index in [1.807, 2.05) is 19.9 Å².